The van der Waals surface area contributed by atoms with E-state index in [1.165, 1.54) is 12.1 Å². The quantitative estimate of drug-likeness (QED) is 0.856. The molecule has 3 nitrogen and oxygen atoms in total. The molecule has 24 heavy (non-hydrogen) atoms. The topological polar surface area (TPSA) is 49.3 Å². The lowest BCUT2D eigenvalue weighted by atomic mass is 10.1. The van der Waals surface area contributed by atoms with Crippen LogP contribution >= 0.6 is 11.6 Å². The molecule has 7 heteroatoms. The summed E-state index contributed by atoms with van der Waals surface area (Å²) in [5.74, 6) is -0.358. The van der Waals surface area contributed by atoms with Crippen LogP contribution in [0.5, 0.6) is 0 Å². The van der Waals surface area contributed by atoms with E-state index >= 15 is 0 Å². The Labute approximate surface area is 142 Å². The number of benzene rings is 2. The van der Waals surface area contributed by atoms with Gasteiger partial charge >= 0.3 is 6.18 Å². The molecule has 128 valence electrons. The van der Waals surface area contributed by atoms with E-state index in [9.17, 15) is 23.1 Å². The van der Waals surface area contributed by atoms with Crippen molar-refractivity contribution in [3.8, 4) is 0 Å². The lowest BCUT2D eigenvalue weighted by molar-refractivity contribution is -0.137. The Balaban J connectivity index is 1.93. The van der Waals surface area contributed by atoms with Crippen molar-refractivity contribution >= 4 is 17.5 Å². The largest absolute Gasteiger partial charge is 0.416 e. The molecule has 2 aromatic carbocycles. The third-order valence-corrected chi connectivity index (χ3v) is 3.58. The molecule has 0 heterocycles. The van der Waals surface area contributed by atoms with Crippen LogP contribution in [0.2, 0.25) is 5.02 Å². The van der Waals surface area contributed by atoms with Crippen molar-refractivity contribution in [2.75, 3.05) is 6.54 Å². The zero-order valence-corrected chi connectivity index (χ0v) is 13.2. The molecular weight excluding hydrogens is 343 g/mol. The molecule has 0 aromatic heterocycles. The van der Waals surface area contributed by atoms with Crippen molar-refractivity contribution in [3.63, 3.8) is 0 Å². The number of halogens is 4. The lowest BCUT2D eigenvalue weighted by Gasteiger charge is -2.14. The number of aliphatic hydroxyl groups is 1. The summed E-state index contributed by atoms with van der Waals surface area (Å²) < 4.78 is 38.0. The van der Waals surface area contributed by atoms with Crippen molar-refractivity contribution in [1.29, 1.82) is 0 Å². The van der Waals surface area contributed by atoms with Gasteiger partial charge in [-0.05, 0) is 35.4 Å². The van der Waals surface area contributed by atoms with Crippen LogP contribution in [0, 0.1) is 0 Å². The maximum Gasteiger partial charge on any atom is 0.416 e. The summed E-state index contributed by atoms with van der Waals surface area (Å²) in [5.41, 5.74) is -0.0502. The number of aliphatic hydroxyl groups excluding tert-OH is 1. The average Bonchev–Trinajstić information content (AvgIpc) is 2.52. The number of carbonyl (C=O) groups is 1. The van der Waals surface area contributed by atoms with Crippen LogP contribution < -0.4 is 5.32 Å². The van der Waals surface area contributed by atoms with Gasteiger partial charge in [0.1, 0.15) is 0 Å². The van der Waals surface area contributed by atoms with Gasteiger partial charge in [-0.25, -0.2) is 0 Å². The van der Waals surface area contributed by atoms with Gasteiger partial charge in [-0.1, -0.05) is 35.9 Å². The Kier molecular flexibility index (Phi) is 5.85. The Bertz CT molecular complexity index is 719. The SMILES string of the molecule is O=C(Cc1cccc(Cl)c1)NCC(O)c1cccc(C(F)(F)F)c1. The fourth-order valence-corrected chi connectivity index (χ4v) is 2.36. The van der Waals surface area contributed by atoms with E-state index in [1.54, 1.807) is 24.3 Å². The van der Waals surface area contributed by atoms with Gasteiger partial charge in [0.25, 0.3) is 0 Å². The summed E-state index contributed by atoms with van der Waals surface area (Å²) in [6.07, 6.45) is -5.64. The van der Waals surface area contributed by atoms with Crippen molar-refractivity contribution < 1.29 is 23.1 Å². The molecule has 0 radical (unpaired) electrons. The van der Waals surface area contributed by atoms with Crippen molar-refractivity contribution in [2.45, 2.75) is 18.7 Å². The second-order valence-electron chi connectivity index (χ2n) is 5.25. The van der Waals surface area contributed by atoms with Crippen LogP contribution in [0.4, 0.5) is 13.2 Å². The van der Waals surface area contributed by atoms with E-state index in [0.29, 0.717) is 10.6 Å². The van der Waals surface area contributed by atoms with E-state index in [1.807, 2.05) is 0 Å². The second kappa shape index (κ2) is 7.68. The van der Waals surface area contributed by atoms with Crippen LogP contribution in [-0.2, 0) is 17.4 Å². The molecule has 2 aromatic rings. The number of nitrogens with one attached hydrogen (secondary N) is 1. The van der Waals surface area contributed by atoms with Gasteiger partial charge in [-0.3, -0.25) is 4.79 Å². The molecule has 0 spiro atoms. The van der Waals surface area contributed by atoms with Crippen molar-refractivity contribution in [3.05, 3.63) is 70.2 Å². The number of hydrogen-bond donors (Lipinski definition) is 2. The summed E-state index contributed by atoms with van der Waals surface area (Å²) in [7, 11) is 0. The van der Waals surface area contributed by atoms with Gasteiger partial charge in [0.15, 0.2) is 0 Å². The summed E-state index contributed by atoms with van der Waals surface area (Å²) in [5, 5.41) is 13.0. The maximum absolute atomic E-state index is 12.7. The Hall–Kier alpha value is -2.05. The summed E-state index contributed by atoms with van der Waals surface area (Å²) >= 11 is 5.82. The Morgan fingerprint density at radius 3 is 2.54 bits per heavy atom. The van der Waals surface area contributed by atoms with E-state index in [4.69, 9.17) is 11.6 Å². The zero-order valence-electron chi connectivity index (χ0n) is 12.5. The van der Waals surface area contributed by atoms with Crippen LogP contribution in [0.1, 0.15) is 22.8 Å². The number of rotatable bonds is 5. The molecule has 1 unspecified atom stereocenters. The number of hydrogen-bond acceptors (Lipinski definition) is 2. The first kappa shape index (κ1) is 18.3. The molecule has 0 saturated carbocycles. The highest BCUT2D eigenvalue weighted by Crippen LogP contribution is 2.30. The first-order valence-electron chi connectivity index (χ1n) is 7.12. The van der Waals surface area contributed by atoms with Crippen LogP contribution in [0.15, 0.2) is 48.5 Å². The smallest absolute Gasteiger partial charge is 0.387 e. The number of amides is 1. The van der Waals surface area contributed by atoms with E-state index < -0.39 is 17.8 Å². The third-order valence-electron chi connectivity index (χ3n) is 3.35. The van der Waals surface area contributed by atoms with Gasteiger partial charge in [0.2, 0.25) is 5.91 Å². The van der Waals surface area contributed by atoms with E-state index in [0.717, 1.165) is 12.1 Å². The predicted octanol–water partition coefficient (Wildman–Crippen LogP) is 3.75. The first-order chi connectivity index (χ1) is 11.3. The first-order valence-corrected chi connectivity index (χ1v) is 7.50. The molecule has 2 rings (SSSR count). The minimum atomic E-state index is -4.48. The van der Waals surface area contributed by atoms with E-state index in [-0.39, 0.29) is 24.4 Å². The van der Waals surface area contributed by atoms with Crippen molar-refractivity contribution in [1.82, 2.24) is 5.32 Å². The predicted molar refractivity (Wildman–Crippen MR) is 84.6 cm³/mol. The number of alkyl halides is 3. The monoisotopic (exact) mass is 357 g/mol. The molecule has 0 aliphatic carbocycles. The summed E-state index contributed by atoms with van der Waals surface area (Å²) in [6.45, 7) is -0.180. The van der Waals surface area contributed by atoms with Crippen LogP contribution in [0.3, 0.4) is 0 Å². The van der Waals surface area contributed by atoms with Crippen molar-refractivity contribution in [2.24, 2.45) is 0 Å². The van der Waals surface area contributed by atoms with Gasteiger partial charge in [-0.2, -0.15) is 13.2 Å². The molecule has 0 bridgehead atoms. The zero-order chi connectivity index (χ0) is 17.7. The highest BCUT2D eigenvalue weighted by atomic mass is 35.5. The summed E-state index contributed by atoms with van der Waals surface area (Å²) in [4.78, 5) is 11.8. The molecule has 0 aliphatic rings. The van der Waals surface area contributed by atoms with Gasteiger partial charge in [0.05, 0.1) is 18.1 Å². The third kappa shape index (κ3) is 5.25. The second-order valence-corrected chi connectivity index (χ2v) is 5.69. The average molecular weight is 358 g/mol. The molecular formula is C17H15ClF3NO2. The minimum Gasteiger partial charge on any atom is -0.387 e. The molecule has 0 aliphatic heterocycles. The van der Waals surface area contributed by atoms with Gasteiger partial charge in [0, 0.05) is 11.6 Å². The molecule has 2 N–H and O–H groups in total. The molecule has 1 atom stereocenters. The fourth-order valence-electron chi connectivity index (χ4n) is 2.15. The fraction of sp³-hybridized carbons (Fsp3) is 0.235. The number of carbonyl (C=O) groups excluding carboxylic acids is 1. The Morgan fingerprint density at radius 2 is 1.88 bits per heavy atom. The lowest BCUT2D eigenvalue weighted by Crippen LogP contribution is -2.29. The van der Waals surface area contributed by atoms with Gasteiger partial charge < -0.3 is 10.4 Å². The highest BCUT2D eigenvalue weighted by Gasteiger charge is 2.30. The Morgan fingerprint density at radius 1 is 1.17 bits per heavy atom. The maximum atomic E-state index is 12.7. The standard InChI is InChI=1S/C17H15ClF3NO2/c18-14-6-1-3-11(7-14)8-16(24)22-10-15(23)12-4-2-5-13(9-12)17(19,20)21/h1-7,9,15,23H,8,10H2,(H,22,24). The normalized spacial score (nSPS) is 12.7. The van der Waals surface area contributed by atoms with Crippen LogP contribution in [-0.4, -0.2) is 17.6 Å². The molecule has 0 saturated heterocycles. The highest BCUT2D eigenvalue weighted by molar-refractivity contribution is 6.30. The molecule has 1 amide bonds. The summed E-state index contributed by atoms with van der Waals surface area (Å²) in [6, 6.07) is 11.2. The molecule has 0 fully saturated rings. The minimum absolute atomic E-state index is 0.0653. The van der Waals surface area contributed by atoms with Gasteiger partial charge in [-0.15, -0.1) is 0 Å². The van der Waals surface area contributed by atoms with E-state index in [2.05, 4.69) is 5.32 Å². The van der Waals surface area contributed by atoms with Crippen LogP contribution in [0.25, 0.3) is 0 Å².